The summed E-state index contributed by atoms with van der Waals surface area (Å²) in [6, 6.07) is 13.3. The van der Waals surface area contributed by atoms with Crippen LogP contribution < -0.4 is 10.0 Å². The molecule has 1 amide bonds. The van der Waals surface area contributed by atoms with Crippen LogP contribution in [0, 0.1) is 0 Å². The number of amides is 1. The summed E-state index contributed by atoms with van der Waals surface area (Å²) in [6.07, 6.45) is 1.50. The Balaban J connectivity index is 1.63. The minimum absolute atomic E-state index is 0.0721. The molecule has 1 atom stereocenters. The SMILES string of the molecule is CC(C)c1nc(Cc2ccc(NC(=O)C[C@@H](NS(C)(=O)=O)c3ccc(Cl)cc3)cc2)no1. The van der Waals surface area contributed by atoms with E-state index in [1.54, 1.807) is 36.4 Å². The van der Waals surface area contributed by atoms with Crippen molar-refractivity contribution in [3.05, 3.63) is 76.4 Å². The molecule has 2 aromatic carbocycles. The molecule has 1 aromatic heterocycles. The van der Waals surface area contributed by atoms with Crippen LogP contribution >= 0.6 is 11.6 Å². The van der Waals surface area contributed by atoms with Crippen molar-refractivity contribution >= 4 is 33.2 Å². The Hall–Kier alpha value is -2.75. The zero-order valence-electron chi connectivity index (χ0n) is 18.0. The lowest BCUT2D eigenvalue weighted by Crippen LogP contribution is -2.30. The largest absolute Gasteiger partial charge is 0.339 e. The summed E-state index contributed by atoms with van der Waals surface area (Å²) in [5.74, 6) is 1.04. The van der Waals surface area contributed by atoms with Crippen molar-refractivity contribution in [2.24, 2.45) is 0 Å². The van der Waals surface area contributed by atoms with E-state index in [0.717, 1.165) is 11.8 Å². The molecule has 0 spiro atoms. The highest BCUT2D eigenvalue weighted by atomic mass is 35.5. The fourth-order valence-electron chi connectivity index (χ4n) is 3.04. The number of rotatable bonds is 9. The molecule has 32 heavy (non-hydrogen) atoms. The van der Waals surface area contributed by atoms with Crippen molar-refractivity contribution < 1.29 is 17.7 Å². The van der Waals surface area contributed by atoms with E-state index >= 15 is 0 Å². The number of carbonyl (C=O) groups is 1. The van der Waals surface area contributed by atoms with Crippen LogP contribution in [0.25, 0.3) is 0 Å². The Labute approximate surface area is 192 Å². The normalized spacial score (nSPS) is 12.7. The summed E-state index contributed by atoms with van der Waals surface area (Å²) in [7, 11) is -3.52. The van der Waals surface area contributed by atoms with E-state index in [4.69, 9.17) is 16.1 Å². The molecule has 10 heteroatoms. The van der Waals surface area contributed by atoms with Gasteiger partial charge in [-0.1, -0.05) is 54.9 Å². The van der Waals surface area contributed by atoms with Crippen LogP contribution in [0.4, 0.5) is 5.69 Å². The van der Waals surface area contributed by atoms with Gasteiger partial charge in [0.05, 0.1) is 12.3 Å². The molecule has 1 heterocycles. The van der Waals surface area contributed by atoms with Gasteiger partial charge in [0.2, 0.25) is 21.8 Å². The van der Waals surface area contributed by atoms with E-state index in [1.807, 2.05) is 26.0 Å². The Morgan fingerprint density at radius 2 is 1.75 bits per heavy atom. The first-order chi connectivity index (χ1) is 15.1. The van der Waals surface area contributed by atoms with Crippen molar-refractivity contribution in [2.75, 3.05) is 11.6 Å². The number of carbonyl (C=O) groups excluding carboxylic acids is 1. The van der Waals surface area contributed by atoms with Gasteiger partial charge in [0, 0.05) is 29.5 Å². The second kappa shape index (κ2) is 10.2. The maximum absolute atomic E-state index is 12.6. The highest BCUT2D eigenvalue weighted by Gasteiger charge is 2.20. The highest BCUT2D eigenvalue weighted by Crippen LogP contribution is 2.22. The molecule has 0 fully saturated rings. The molecular weight excluding hydrogens is 452 g/mol. The molecule has 0 aliphatic heterocycles. The van der Waals surface area contributed by atoms with Crippen molar-refractivity contribution in [1.82, 2.24) is 14.9 Å². The average Bonchev–Trinajstić information content (AvgIpc) is 3.17. The van der Waals surface area contributed by atoms with Crippen molar-refractivity contribution in [2.45, 2.75) is 38.6 Å². The second-order valence-electron chi connectivity index (χ2n) is 7.82. The summed E-state index contributed by atoms with van der Waals surface area (Å²) >= 11 is 5.91. The lowest BCUT2D eigenvalue weighted by atomic mass is 10.0. The molecule has 0 bridgehead atoms. The van der Waals surface area contributed by atoms with Gasteiger partial charge in [0.1, 0.15) is 0 Å². The number of aromatic nitrogens is 2. The van der Waals surface area contributed by atoms with Crippen LogP contribution in [0.1, 0.15) is 55.1 Å². The number of hydrogen-bond donors (Lipinski definition) is 2. The number of benzene rings is 2. The summed E-state index contributed by atoms with van der Waals surface area (Å²) in [5.41, 5.74) is 2.21. The van der Waals surface area contributed by atoms with Gasteiger partial charge in [-0.15, -0.1) is 0 Å². The maximum Gasteiger partial charge on any atom is 0.229 e. The first kappa shape index (κ1) is 23.9. The van der Waals surface area contributed by atoms with Crippen LogP contribution in [0.3, 0.4) is 0 Å². The van der Waals surface area contributed by atoms with Crippen LogP contribution in [-0.4, -0.2) is 30.7 Å². The summed E-state index contributed by atoms with van der Waals surface area (Å²) in [5, 5.41) is 7.30. The van der Waals surface area contributed by atoms with Gasteiger partial charge in [-0.2, -0.15) is 4.98 Å². The van der Waals surface area contributed by atoms with Gasteiger partial charge in [-0.3, -0.25) is 4.79 Å². The number of halogens is 1. The van der Waals surface area contributed by atoms with Crippen LogP contribution in [0.15, 0.2) is 53.1 Å². The van der Waals surface area contributed by atoms with Crippen molar-refractivity contribution in [3.8, 4) is 0 Å². The minimum atomic E-state index is -3.52. The van der Waals surface area contributed by atoms with E-state index in [9.17, 15) is 13.2 Å². The second-order valence-corrected chi connectivity index (χ2v) is 10.0. The number of nitrogens with zero attached hydrogens (tertiary/aromatic N) is 2. The van der Waals surface area contributed by atoms with Gasteiger partial charge < -0.3 is 9.84 Å². The van der Waals surface area contributed by atoms with Gasteiger partial charge in [-0.25, -0.2) is 13.1 Å². The molecule has 0 saturated heterocycles. The molecule has 3 rings (SSSR count). The van der Waals surface area contributed by atoms with E-state index in [2.05, 4.69) is 20.2 Å². The van der Waals surface area contributed by atoms with E-state index in [0.29, 0.717) is 34.4 Å². The first-order valence-electron chi connectivity index (χ1n) is 10.0. The Morgan fingerprint density at radius 1 is 1.09 bits per heavy atom. The molecular formula is C22H25ClN4O4S. The third-order valence-corrected chi connectivity index (χ3v) is 5.56. The Bertz CT molecular complexity index is 1160. The molecule has 0 aliphatic carbocycles. The molecule has 170 valence electrons. The summed E-state index contributed by atoms with van der Waals surface area (Å²) in [6.45, 7) is 3.97. The fraction of sp³-hybridized carbons (Fsp3) is 0.318. The topological polar surface area (TPSA) is 114 Å². The Morgan fingerprint density at radius 3 is 2.31 bits per heavy atom. The van der Waals surface area contributed by atoms with E-state index in [1.165, 1.54) is 0 Å². The third kappa shape index (κ3) is 7.15. The number of anilines is 1. The average molecular weight is 477 g/mol. The van der Waals surface area contributed by atoms with Gasteiger partial charge >= 0.3 is 0 Å². The molecule has 8 nitrogen and oxygen atoms in total. The van der Waals surface area contributed by atoms with E-state index in [-0.39, 0.29) is 18.2 Å². The third-order valence-electron chi connectivity index (χ3n) is 4.60. The number of hydrogen-bond acceptors (Lipinski definition) is 6. The smallest absolute Gasteiger partial charge is 0.229 e. The predicted molar refractivity (Wildman–Crippen MR) is 123 cm³/mol. The molecule has 0 aliphatic rings. The molecule has 0 saturated carbocycles. The first-order valence-corrected chi connectivity index (χ1v) is 12.3. The van der Waals surface area contributed by atoms with Crippen LogP contribution in [0.5, 0.6) is 0 Å². The van der Waals surface area contributed by atoms with Crippen molar-refractivity contribution in [3.63, 3.8) is 0 Å². The summed E-state index contributed by atoms with van der Waals surface area (Å²) < 4.78 is 31.2. The Kier molecular flexibility index (Phi) is 7.65. The van der Waals surface area contributed by atoms with Crippen LogP contribution in [0.2, 0.25) is 5.02 Å². The zero-order chi connectivity index (χ0) is 23.3. The number of nitrogens with one attached hydrogen (secondary N) is 2. The van der Waals surface area contributed by atoms with Gasteiger partial charge in [0.15, 0.2) is 5.82 Å². The number of sulfonamides is 1. The molecule has 3 aromatic rings. The lowest BCUT2D eigenvalue weighted by molar-refractivity contribution is -0.116. The minimum Gasteiger partial charge on any atom is -0.339 e. The quantitative estimate of drug-likeness (QED) is 0.481. The predicted octanol–water partition coefficient (Wildman–Crippen LogP) is 4.06. The van der Waals surface area contributed by atoms with Crippen LogP contribution in [-0.2, 0) is 21.2 Å². The van der Waals surface area contributed by atoms with E-state index < -0.39 is 16.1 Å². The standard InChI is InChI=1S/C22H25ClN4O4S/c1-14(2)22-25-20(26-31-22)12-15-4-10-18(11-5-15)24-21(28)13-19(27-32(3,29)30)16-6-8-17(23)9-7-16/h4-11,14,19,27H,12-13H2,1-3H3,(H,24,28)/t19-/m1/s1. The molecule has 0 radical (unpaired) electrons. The lowest BCUT2D eigenvalue weighted by Gasteiger charge is -2.18. The molecule has 2 N–H and O–H groups in total. The monoisotopic (exact) mass is 476 g/mol. The fourth-order valence-corrected chi connectivity index (χ4v) is 3.90. The maximum atomic E-state index is 12.6. The van der Waals surface area contributed by atoms with Gasteiger partial charge in [-0.05, 0) is 35.4 Å². The summed E-state index contributed by atoms with van der Waals surface area (Å²) in [4.78, 5) is 16.9. The highest BCUT2D eigenvalue weighted by molar-refractivity contribution is 7.88. The zero-order valence-corrected chi connectivity index (χ0v) is 19.6. The van der Waals surface area contributed by atoms with Gasteiger partial charge in [0.25, 0.3) is 0 Å². The van der Waals surface area contributed by atoms with Crippen molar-refractivity contribution in [1.29, 1.82) is 0 Å². The molecule has 0 unspecified atom stereocenters.